The number of sulfone groups is 1. The molecular formula is C13H21N3O2S. The summed E-state index contributed by atoms with van der Waals surface area (Å²) >= 11 is 0. The zero-order valence-corrected chi connectivity index (χ0v) is 12.1. The van der Waals surface area contributed by atoms with Gasteiger partial charge in [-0.05, 0) is 25.0 Å². The smallest absolute Gasteiger partial charge is 0.148 e. The fourth-order valence-corrected chi connectivity index (χ4v) is 2.83. The molecule has 0 saturated carbocycles. The van der Waals surface area contributed by atoms with Gasteiger partial charge < -0.3 is 10.2 Å². The lowest BCUT2D eigenvalue weighted by Gasteiger charge is -2.34. The molecule has 1 fully saturated rings. The van der Waals surface area contributed by atoms with Crippen LogP contribution in [-0.4, -0.2) is 51.1 Å². The van der Waals surface area contributed by atoms with E-state index in [1.54, 1.807) is 0 Å². The molecule has 6 heteroatoms. The fourth-order valence-electron chi connectivity index (χ4n) is 2.35. The minimum absolute atomic E-state index is 0.220. The highest BCUT2D eigenvalue weighted by Crippen LogP contribution is 2.18. The van der Waals surface area contributed by atoms with Crippen molar-refractivity contribution in [3.8, 4) is 0 Å². The second kappa shape index (κ2) is 6.34. The molecule has 0 aromatic carbocycles. The summed E-state index contributed by atoms with van der Waals surface area (Å²) in [6.45, 7) is 2.56. The van der Waals surface area contributed by atoms with Gasteiger partial charge in [-0.15, -0.1) is 0 Å². The second-order valence-electron chi connectivity index (χ2n) is 5.05. The van der Waals surface area contributed by atoms with Crippen LogP contribution in [0.4, 0.5) is 5.69 Å². The third-order valence-corrected chi connectivity index (χ3v) is 4.37. The van der Waals surface area contributed by atoms with Gasteiger partial charge in [0, 0.05) is 50.0 Å². The maximum atomic E-state index is 11.1. The third kappa shape index (κ3) is 4.80. The molecule has 0 bridgehead atoms. The molecule has 106 valence electrons. The van der Waals surface area contributed by atoms with Crippen molar-refractivity contribution in [1.29, 1.82) is 0 Å². The number of nitrogens with zero attached hydrogens (tertiary/aromatic N) is 2. The van der Waals surface area contributed by atoms with E-state index in [0.717, 1.165) is 25.9 Å². The van der Waals surface area contributed by atoms with Gasteiger partial charge in [-0.3, -0.25) is 4.98 Å². The first kappa shape index (κ1) is 14.3. The van der Waals surface area contributed by atoms with Crippen LogP contribution >= 0.6 is 0 Å². The van der Waals surface area contributed by atoms with E-state index in [1.165, 1.54) is 11.9 Å². The van der Waals surface area contributed by atoms with Gasteiger partial charge in [-0.2, -0.15) is 0 Å². The first-order valence-corrected chi connectivity index (χ1v) is 8.67. The monoisotopic (exact) mass is 283 g/mol. The number of piperidine rings is 1. The van der Waals surface area contributed by atoms with Crippen LogP contribution in [0, 0.1) is 0 Å². The Morgan fingerprint density at radius 3 is 2.53 bits per heavy atom. The Labute approximate surface area is 114 Å². The van der Waals surface area contributed by atoms with E-state index in [-0.39, 0.29) is 5.75 Å². The van der Waals surface area contributed by atoms with E-state index < -0.39 is 9.84 Å². The van der Waals surface area contributed by atoms with Crippen molar-refractivity contribution >= 4 is 15.5 Å². The van der Waals surface area contributed by atoms with Gasteiger partial charge >= 0.3 is 0 Å². The third-order valence-electron chi connectivity index (χ3n) is 3.43. The van der Waals surface area contributed by atoms with Crippen molar-refractivity contribution in [3.63, 3.8) is 0 Å². The van der Waals surface area contributed by atoms with Crippen molar-refractivity contribution < 1.29 is 8.42 Å². The molecule has 1 aliphatic heterocycles. The molecule has 0 amide bonds. The molecule has 1 aromatic rings. The van der Waals surface area contributed by atoms with Crippen molar-refractivity contribution in [1.82, 2.24) is 10.3 Å². The van der Waals surface area contributed by atoms with Crippen LogP contribution in [0.3, 0.4) is 0 Å². The van der Waals surface area contributed by atoms with Crippen LogP contribution in [0.1, 0.15) is 12.8 Å². The number of rotatable bonds is 5. The SMILES string of the molecule is CS(=O)(=O)CCNC1CCN(c2ccncc2)CC1. The maximum absolute atomic E-state index is 11.1. The van der Waals surface area contributed by atoms with E-state index in [4.69, 9.17) is 0 Å². The van der Waals surface area contributed by atoms with Gasteiger partial charge in [-0.25, -0.2) is 8.42 Å². The van der Waals surface area contributed by atoms with Gasteiger partial charge in [-0.1, -0.05) is 0 Å². The topological polar surface area (TPSA) is 62.3 Å². The van der Waals surface area contributed by atoms with Crippen LogP contribution in [0.2, 0.25) is 0 Å². The molecule has 1 N–H and O–H groups in total. The molecule has 19 heavy (non-hydrogen) atoms. The quantitative estimate of drug-likeness (QED) is 0.861. The average molecular weight is 283 g/mol. The highest BCUT2D eigenvalue weighted by Gasteiger charge is 2.19. The summed E-state index contributed by atoms with van der Waals surface area (Å²) in [5, 5.41) is 3.33. The molecule has 2 heterocycles. The Kier molecular flexibility index (Phi) is 4.76. The lowest BCUT2D eigenvalue weighted by Crippen LogP contribution is -2.43. The van der Waals surface area contributed by atoms with Gasteiger partial charge in [0.05, 0.1) is 5.75 Å². The molecule has 0 aliphatic carbocycles. The van der Waals surface area contributed by atoms with E-state index in [1.807, 2.05) is 24.5 Å². The summed E-state index contributed by atoms with van der Waals surface area (Å²) in [4.78, 5) is 6.37. The predicted octanol–water partition coefficient (Wildman–Crippen LogP) is 0.685. The molecular weight excluding hydrogens is 262 g/mol. The summed E-state index contributed by atoms with van der Waals surface area (Å²) in [6.07, 6.45) is 7.00. The molecule has 2 rings (SSSR count). The molecule has 0 unspecified atom stereocenters. The Morgan fingerprint density at radius 2 is 1.95 bits per heavy atom. The van der Waals surface area contributed by atoms with E-state index in [2.05, 4.69) is 15.2 Å². The minimum Gasteiger partial charge on any atom is -0.371 e. The first-order chi connectivity index (χ1) is 9.04. The summed E-state index contributed by atoms with van der Waals surface area (Å²) in [5.74, 6) is 0.220. The Balaban J connectivity index is 1.74. The molecule has 1 saturated heterocycles. The Bertz CT molecular complexity index is 482. The first-order valence-electron chi connectivity index (χ1n) is 6.61. The van der Waals surface area contributed by atoms with Gasteiger partial charge in [0.15, 0.2) is 0 Å². The Hall–Kier alpha value is -1.14. The van der Waals surface area contributed by atoms with Gasteiger partial charge in [0.25, 0.3) is 0 Å². The fraction of sp³-hybridized carbons (Fsp3) is 0.615. The normalized spacial score (nSPS) is 17.6. The summed E-state index contributed by atoms with van der Waals surface area (Å²) in [7, 11) is -2.86. The number of nitrogens with one attached hydrogen (secondary N) is 1. The molecule has 0 atom stereocenters. The summed E-state index contributed by atoms with van der Waals surface area (Å²) in [5.41, 5.74) is 1.21. The van der Waals surface area contributed by atoms with E-state index >= 15 is 0 Å². The van der Waals surface area contributed by atoms with Crippen LogP contribution in [0.25, 0.3) is 0 Å². The predicted molar refractivity (Wildman–Crippen MR) is 77.2 cm³/mol. The molecule has 1 aliphatic rings. The largest absolute Gasteiger partial charge is 0.371 e. The van der Waals surface area contributed by atoms with Crippen LogP contribution < -0.4 is 10.2 Å². The summed E-state index contributed by atoms with van der Waals surface area (Å²) < 4.78 is 22.1. The number of hydrogen-bond donors (Lipinski definition) is 1. The lowest BCUT2D eigenvalue weighted by atomic mass is 10.0. The van der Waals surface area contributed by atoms with Gasteiger partial charge in [0.1, 0.15) is 9.84 Å². The lowest BCUT2D eigenvalue weighted by molar-refractivity contribution is 0.423. The van der Waals surface area contributed by atoms with Crippen molar-refractivity contribution in [2.75, 3.05) is 36.5 Å². The molecule has 0 radical (unpaired) electrons. The standard InChI is InChI=1S/C13H21N3O2S/c1-19(17,18)11-8-15-12-4-9-16(10-5-12)13-2-6-14-7-3-13/h2-3,6-7,12,15H,4-5,8-11H2,1H3. The van der Waals surface area contributed by atoms with E-state index in [0.29, 0.717) is 12.6 Å². The highest BCUT2D eigenvalue weighted by molar-refractivity contribution is 7.90. The minimum atomic E-state index is -2.86. The molecule has 1 aromatic heterocycles. The second-order valence-corrected chi connectivity index (χ2v) is 7.31. The number of pyridine rings is 1. The highest BCUT2D eigenvalue weighted by atomic mass is 32.2. The average Bonchev–Trinajstić information content (AvgIpc) is 2.39. The van der Waals surface area contributed by atoms with Crippen molar-refractivity contribution in [3.05, 3.63) is 24.5 Å². The molecule has 5 nitrogen and oxygen atoms in total. The summed E-state index contributed by atoms with van der Waals surface area (Å²) in [6, 6.07) is 4.48. The van der Waals surface area contributed by atoms with Crippen LogP contribution in [-0.2, 0) is 9.84 Å². The number of hydrogen-bond acceptors (Lipinski definition) is 5. The zero-order valence-electron chi connectivity index (χ0n) is 11.2. The van der Waals surface area contributed by atoms with Crippen molar-refractivity contribution in [2.24, 2.45) is 0 Å². The molecule has 0 spiro atoms. The number of anilines is 1. The van der Waals surface area contributed by atoms with Crippen LogP contribution in [0.15, 0.2) is 24.5 Å². The van der Waals surface area contributed by atoms with Crippen LogP contribution in [0.5, 0.6) is 0 Å². The van der Waals surface area contributed by atoms with E-state index in [9.17, 15) is 8.42 Å². The van der Waals surface area contributed by atoms with Crippen molar-refractivity contribution in [2.45, 2.75) is 18.9 Å². The Morgan fingerprint density at radius 1 is 1.32 bits per heavy atom. The van der Waals surface area contributed by atoms with Gasteiger partial charge in [0.2, 0.25) is 0 Å². The maximum Gasteiger partial charge on any atom is 0.148 e. The zero-order chi connectivity index (χ0) is 13.7. The number of aromatic nitrogens is 1.